The van der Waals surface area contributed by atoms with Crippen LogP contribution < -0.4 is 5.48 Å². The minimum atomic E-state index is -1.13. The Morgan fingerprint density at radius 3 is 3.14 bits per heavy atom. The molecule has 0 saturated carbocycles. The molecule has 0 unspecified atom stereocenters. The summed E-state index contributed by atoms with van der Waals surface area (Å²) in [7, 11) is 0. The Bertz CT molecular complexity index is 372. The summed E-state index contributed by atoms with van der Waals surface area (Å²) in [5.41, 5.74) is 2.27. The van der Waals surface area contributed by atoms with Crippen LogP contribution in [-0.2, 0) is 4.84 Å². The van der Waals surface area contributed by atoms with Gasteiger partial charge in [0.15, 0.2) is 11.5 Å². The maximum atomic E-state index is 10.5. The SMILES string of the molecule is C#CCONc1cc(C(=O)O)ncn1. The number of nitrogens with zero attached hydrogens (tertiary/aromatic N) is 2. The molecular weight excluding hydrogens is 186 g/mol. The molecule has 0 aromatic carbocycles. The number of carbonyl (C=O) groups is 1. The van der Waals surface area contributed by atoms with Crippen LogP contribution in [0.2, 0.25) is 0 Å². The summed E-state index contributed by atoms with van der Waals surface area (Å²) in [4.78, 5) is 22.5. The van der Waals surface area contributed by atoms with Gasteiger partial charge >= 0.3 is 5.97 Å². The van der Waals surface area contributed by atoms with Crippen LogP contribution >= 0.6 is 0 Å². The zero-order valence-electron chi connectivity index (χ0n) is 7.10. The summed E-state index contributed by atoms with van der Waals surface area (Å²) < 4.78 is 0. The van der Waals surface area contributed by atoms with Crippen molar-refractivity contribution in [2.75, 3.05) is 12.1 Å². The highest BCUT2D eigenvalue weighted by molar-refractivity contribution is 5.85. The van der Waals surface area contributed by atoms with Crippen LogP contribution in [0.15, 0.2) is 12.4 Å². The average molecular weight is 193 g/mol. The maximum absolute atomic E-state index is 10.5. The summed E-state index contributed by atoms with van der Waals surface area (Å²) in [5.74, 6) is 1.34. The van der Waals surface area contributed by atoms with Gasteiger partial charge in [-0.3, -0.25) is 4.84 Å². The van der Waals surface area contributed by atoms with Crippen molar-refractivity contribution >= 4 is 11.8 Å². The second-order valence-electron chi connectivity index (χ2n) is 2.19. The molecule has 1 aromatic rings. The predicted molar refractivity (Wildman–Crippen MR) is 47.4 cm³/mol. The van der Waals surface area contributed by atoms with E-state index in [-0.39, 0.29) is 18.1 Å². The minimum Gasteiger partial charge on any atom is -0.477 e. The molecule has 1 aromatic heterocycles. The van der Waals surface area contributed by atoms with Gasteiger partial charge in [0.1, 0.15) is 12.9 Å². The molecule has 72 valence electrons. The van der Waals surface area contributed by atoms with E-state index in [4.69, 9.17) is 16.4 Å². The first-order valence-electron chi connectivity index (χ1n) is 3.60. The van der Waals surface area contributed by atoms with E-state index in [0.717, 1.165) is 6.33 Å². The molecule has 0 radical (unpaired) electrons. The Morgan fingerprint density at radius 1 is 1.71 bits per heavy atom. The van der Waals surface area contributed by atoms with E-state index in [1.807, 2.05) is 0 Å². The molecule has 1 heterocycles. The lowest BCUT2D eigenvalue weighted by atomic mass is 10.4. The van der Waals surface area contributed by atoms with Crippen molar-refractivity contribution in [3.63, 3.8) is 0 Å². The highest BCUT2D eigenvalue weighted by Crippen LogP contribution is 2.03. The maximum Gasteiger partial charge on any atom is 0.354 e. The molecule has 1 rings (SSSR count). The summed E-state index contributed by atoms with van der Waals surface area (Å²) in [6.45, 7) is 0.0619. The van der Waals surface area contributed by atoms with Gasteiger partial charge in [0.2, 0.25) is 0 Å². The van der Waals surface area contributed by atoms with Gasteiger partial charge in [0.25, 0.3) is 0 Å². The predicted octanol–water partition coefficient (Wildman–Crippen LogP) is 0.151. The van der Waals surface area contributed by atoms with Crippen LogP contribution in [0, 0.1) is 12.3 Å². The Morgan fingerprint density at radius 2 is 2.50 bits per heavy atom. The topological polar surface area (TPSA) is 84.3 Å². The zero-order valence-corrected chi connectivity index (χ0v) is 7.10. The van der Waals surface area contributed by atoms with Crippen LogP contribution in [0.3, 0.4) is 0 Å². The molecule has 0 aliphatic rings. The molecule has 6 heteroatoms. The number of rotatable bonds is 4. The monoisotopic (exact) mass is 193 g/mol. The van der Waals surface area contributed by atoms with Crippen molar-refractivity contribution in [3.8, 4) is 12.3 Å². The zero-order chi connectivity index (χ0) is 10.4. The molecule has 0 saturated heterocycles. The van der Waals surface area contributed by atoms with Gasteiger partial charge < -0.3 is 5.11 Å². The quantitative estimate of drug-likeness (QED) is 0.402. The van der Waals surface area contributed by atoms with Crippen molar-refractivity contribution < 1.29 is 14.7 Å². The molecule has 0 aliphatic carbocycles. The third kappa shape index (κ3) is 2.73. The Labute approximate surface area is 79.9 Å². The molecule has 0 bridgehead atoms. The molecule has 14 heavy (non-hydrogen) atoms. The lowest BCUT2D eigenvalue weighted by Gasteiger charge is -2.02. The van der Waals surface area contributed by atoms with Crippen LogP contribution in [0.25, 0.3) is 0 Å². The summed E-state index contributed by atoms with van der Waals surface area (Å²) in [6, 6.07) is 1.23. The number of hydrogen-bond acceptors (Lipinski definition) is 5. The second-order valence-corrected chi connectivity index (χ2v) is 2.19. The minimum absolute atomic E-state index is 0.0619. The highest BCUT2D eigenvalue weighted by atomic mass is 16.6. The number of carboxylic acids is 1. The van der Waals surface area contributed by atoms with Crippen LogP contribution in [0.4, 0.5) is 5.82 Å². The first-order chi connectivity index (χ1) is 6.74. The highest BCUT2D eigenvalue weighted by Gasteiger charge is 2.05. The molecule has 0 amide bonds. The Kier molecular flexibility index (Phi) is 3.41. The summed E-state index contributed by atoms with van der Waals surface area (Å²) in [5, 5.41) is 8.59. The number of hydrogen-bond donors (Lipinski definition) is 2. The number of carboxylic acid groups (broad SMARTS) is 1. The number of anilines is 1. The van der Waals surface area contributed by atoms with E-state index < -0.39 is 5.97 Å². The smallest absolute Gasteiger partial charge is 0.354 e. The first kappa shape index (κ1) is 9.95. The molecule has 0 atom stereocenters. The Balaban J connectivity index is 2.65. The molecule has 0 aliphatic heterocycles. The lowest BCUT2D eigenvalue weighted by molar-refractivity contribution is 0.0690. The van der Waals surface area contributed by atoms with E-state index in [1.54, 1.807) is 0 Å². The van der Waals surface area contributed by atoms with Crippen molar-refractivity contribution in [1.82, 2.24) is 9.97 Å². The average Bonchev–Trinajstić information content (AvgIpc) is 2.19. The van der Waals surface area contributed by atoms with Crippen LogP contribution in [0.5, 0.6) is 0 Å². The fraction of sp³-hybridized carbons (Fsp3) is 0.125. The summed E-state index contributed by atoms with van der Waals surface area (Å²) in [6.07, 6.45) is 6.05. The number of terminal acetylenes is 1. The van der Waals surface area contributed by atoms with Gasteiger partial charge in [0, 0.05) is 6.07 Å². The second kappa shape index (κ2) is 4.79. The van der Waals surface area contributed by atoms with E-state index in [1.165, 1.54) is 6.07 Å². The van der Waals surface area contributed by atoms with E-state index in [0.29, 0.717) is 0 Å². The van der Waals surface area contributed by atoms with Gasteiger partial charge in [0.05, 0.1) is 0 Å². The first-order valence-corrected chi connectivity index (χ1v) is 3.60. The normalized spacial score (nSPS) is 9.07. The largest absolute Gasteiger partial charge is 0.477 e. The fourth-order valence-corrected chi connectivity index (χ4v) is 0.682. The van der Waals surface area contributed by atoms with Crippen molar-refractivity contribution in [2.24, 2.45) is 0 Å². The molecule has 0 fully saturated rings. The van der Waals surface area contributed by atoms with E-state index in [2.05, 4.69) is 21.4 Å². The van der Waals surface area contributed by atoms with E-state index >= 15 is 0 Å². The van der Waals surface area contributed by atoms with Crippen molar-refractivity contribution in [2.45, 2.75) is 0 Å². The fourth-order valence-electron chi connectivity index (χ4n) is 0.682. The van der Waals surface area contributed by atoms with E-state index in [9.17, 15) is 4.79 Å². The van der Waals surface area contributed by atoms with Crippen molar-refractivity contribution in [3.05, 3.63) is 18.1 Å². The molecule has 2 N–H and O–H groups in total. The molecule has 0 spiro atoms. The lowest BCUT2D eigenvalue weighted by Crippen LogP contribution is -2.06. The van der Waals surface area contributed by atoms with Gasteiger partial charge in [-0.25, -0.2) is 20.2 Å². The van der Waals surface area contributed by atoms with Crippen LogP contribution in [0.1, 0.15) is 10.5 Å². The van der Waals surface area contributed by atoms with Crippen LogP contribution in [-0.4, -0.2) is 27.7 Å². The van der Waals surface area contributed by atoms with Gasteiger partial charge in [-0.05, 0) is 0 Å². The molecular formula is C8H7N3O3. The Hall–Kier alpha value is -2.13. The van der Waals surface area contributed by atoms with Crippen molar-refractivity contribution in [1.29, 1.82) is 0 Å². The van der Waals surface area contributed by atoms with Gasteiger partial charge in [-0.1, -0.05) is 5.92 Å². The third-order valence-electron chi connectivity index (χ3n) is 1.22. The number of nitrogens with one attached hydrogen (secondary N) is 1. The van der Waals surface area contributed by atoms with Gasteiger partial charge in [-0.2, -0.15) is 0 Å². The number of aromatic carboxylic acids is 1. The summed E-state index contributed by atoms with van der Waals surface area (Å²) >= 11 is 0. The van der Waals surface area contributed by atoms with Gasteiger partial charge in [-0.15, -0.1) is 6.42 Å². The third-order valence-corrected chi connectivity index (χ3v) is 1.22. The standard InChI is InChI=1S/C8H7N3O3/c1-2-3-14-11-7-4-6(8(12)13)9-5-10-7/h1,4-5H,3H2,(H,12,13)(H,9,10,11). The number of aromatic nitrogens is 2. The molecule has 6 nitrogen and oxygen atoms in total.